The predicted molar refractivity (Wildman–Crippen MR) is 137 cm³/mol. The van der Waals surface area contributed by atoms with Crippen molar-refractivity contribution < 1.29 is 19.1 Å². The van der Waals surface area contributed by atoms with Crippen LogP contribution in [0.15, 0.2) is 60.7 Å². The maximum absolute atomic E-state index is 13.3. The molecule has 1 aliphatic heterocycles. The van der Waals surface area contributed by atoms with E-state index in [1.54, 1.807) is 23.8 Å². The lowest BCUT2D eigenvalue weighted by Crippen LogP contribution is -2.47. The van der Waals surface area contributed by atoms with E-state index in [1.807, 2.05) is 67.6 Å². The van der Waals surface area contributed by atoms with Gasteiger partial charge in [-0.15, -0.1) is 0 Å². The molecule has 1 N–H and O–H groups in total. The molecule has 0 fully saturated rings. The van der Waals surface area contributed by atoms with Gasteiger partial charge in [0, 0.05) is 37.0 Å². The second-order valence-electron chi connectivity index (χ2n) is 8.68. The number of hydrogen-bond donors (Lipinski definition) is 1. The first-order valence-electron chi connectivity index (χ1n) is 12.0. The van der Waals surface area contributed by atoms with Crippen molar-refractivity contribution >= 4 is 34.2 Å². The molecule has 0 aromatic heterocycles. The number of ether oxygens (including phenoxy) is 1. The van der Waals surface area contributed by atoms with Crippen LogP contribution in [0.3, 0.4) is 0 Å². The van der Waals surface area contributed by atoms with Gasteiger partial charge in [0.1, 0.15) is 11.8 Å². The van der Waals surface area contributed by atoms with Crippen molar-refractivity contribution in [3.05, 3.63) is 71.8 Å². The molecule has 182 valence electrons. The Labute approximate surface area is 205 Å². The van der Waals surface area contributed by atoms with Crippen LogP contribution < -0.4 is 15.0 Å². The maximum atomic E-state index is 13.3. The van der Waals surface area contributed by atoms with Crippen molar-refractivity contribution in [3.8, 4) is 5.75 Å². The van der Waals surface area contributed by atoms with Crippen LogP contribution in [0.5, 0.6) is 5.75 Å². The number of likely N-dealkylation sites (N-methyl/N-ethyl adjacent to an activating group) is 1. The molecule has 3 amide bonds. The molecule has 7 heteroatoms. The normalized spacial score (nSPS) is 13.1. The average molecular weight is 474 g/mol. The largest absolute Gasteiger partial charge is 0.497 e. The Kier molecular flexibility index (Phi) is 7.34. The Morgan fingerprint density at radius 3 is 2.57 bits per heavy atom. The first kappa shape index (κ1) is 24.3. The highest BCUT2D eigenvalue weighted by Crippen LogP contribution is 2.37. The minimum Gasteiger partial charge on any atom is -0.497 e. The molecule has 1 aliphatic rings. The maximum Gasteiger partial charge on any atom is 0.258 e. The van der Waals surface area contributed by atoms with E-state index in [-0.39, 0.29) is 24.1 Å². The number of carbonyl (C=O) groups excluding carboxylic acids is 3. The average Bonchev–Trinajstić information content (AvgIpc) is 3.15. The monoisotopic (exact) mass is 473 g/mol. The molecule has 35 heavy (non-hydrogen) atoms. The summed E-state index contributed by atoms with van der Waals surface area (Å²) in [4.78, 5) is 42.3. The number of amides is 3. The van der Waals surface area contributed by atoms with Gasteiger partial charge < -0.3 is 19.9 Å². The SMILES string of the molecule is CCNC(=O)[C@@H](C)N(Cc1cccc(OC)c1)C(=O)CCCN1C(=O)c2cccc3cccc1c23. The number of benzene rings is 3. The van der Waals surface area contributed by atoms with E-state index in [9.17, 15) is 14.4 Å². The molecule has 3 aromatic carbocycles. The summed E-state index contributed by atoms with van der Waals surface area (Å²) in [7, 11) is 1.60. The van der Waals surface area contributed by atoms with Crippen LogP contribution in [0.1, 0.15) is 42.6 Å². The standard InChI is InChI=1S/C28H31N3O4/c1-4-29-27(33)19(2)31(18-20-9-5-12-22(17-20)35-3)25(32)15-8-16-30-24-14-7-11-21-10-6-13-23(26(21)24)28(30)34/h5-7,9-14,17,19H,4,8,15-16,18H2,1-3H3,(H,29,33)/t19-/m1/s1. The highest BCUT2D eigenvalue weighted by molar-refractivity contribution is 6.25. The highest BCUT2D eigenvalue weighted by atomic mass is 16.5. The Morgan fingerprint density at radius 1 is 1.09 bits per heavy atom. The molecule has 0 radical (unpaired) electrons. The zero-order valence-electron chi connectivity index (χ0n) is 20.4. The summed E-state index contributed by atoms with van der Waals surface area (Å²) in [5.74, 6) is 0.338. The van der Waals surface area contributed by atoms with E-state index in [1.165, 1.54) is 0 Å². The lowest BCUT2D eigenvalue weighted by Gasteiger charge is -2.29. The fourth-order valence-electron chi connectivity index (χ4n) is 4.61. The summed E-state index contributed by atoms with van der Waals surface area (Å²) in [6.07, 6.45) is 0.718. The van der Waals surface area contributed by atoms with Crippen LogP contribution in [0.2, 0.25) is 0 Å². The number of methoxy groups -OCH3 is 1. The molecule has 0 saturated heterocycles. The molecule has 4 rings (SSSR count). The van der Waals surface area contributed by atoms with Crippen LogP contribution in [0.25, 0.3) is 10.8 Å². The number of carbonyl (C=O) groups is 3. The van der Waals surface area contributed by atoms with Crippen molar-refractivity contribution in [2.75, 3.05) is 25.1 Å². The van der Waals surface area contributed by atoms with Crippen molar-refractivity contribution in [1.82, 2.24) is 10.2 Å². The van der Waals surface area contributed by atoms with Crippen LogP contribution in [-0.4, -0.2) is 48.9 Å². The van der Waals surface area contributed by atoms with E-state index in [0.29, 0.717) is 37.4 Å². The Bertz CT molecular complexity index is 1250. The molecule has 1 heterocycles. The van der Waals surface area contributed by atoms with Gasteiger partial charge in [-0.2, -0.15) is 0 Å². The van der Waals surface area contributed by atoms with Crippen molar-refractivity contribution in [2.45, 2.75) is 39.3 Å². The number of anilines is 1. The van der Waals surface area contributed by atoms with E-state index in [0.717, 1.165) is 22.0 Å². The summed E-state index contributed by atoms with van der Waals surface area (Å²) < 4.78 is 5.31. The summed E-state index contributed by atoms with van der Waals surface area (Å²) in [5, 5.41) is 4.81. The molecule has 3 aromatic rings. The molecule has 0 spiro atoms. The number of hydrogen-bond acceptors (Lipinski definition) is 4. The number of nitrogens with one attached hydrogen (secondary N) is 1. The zero-order valence-corrected chi connectivity index (χ0v) is 20.4. The van der Waals surface area contributed by atoms with Gasteiger partial charge in [0.25, 0.3) is 5.91 Å². The second-order valence-corrected chi connectivity index (χ2v) is 8.68. The van der Waals surface area contributed by atoms with Gasteiger partial charge in [0.2, 0.25) is 11.8 Å². The minimum absolute atomic E-state index is 0.0341. The lowest BCUT2D eigenvalue weighted by molar-refractivity contribution is -0.140. The third-order valence-electron chi connectivity index (χ3n) is 6.43. The first-order valence-corrected chi connectivity index (χ1v) is 12.0. The molecule has 0 bridgehead atoms. The summed E-state index contributed by atoms with van der Waals surface area (Å²) in [6.45, 7) is 4.81. The van der Waals surface area contributed by atoms with E-state index >= 15 is 0 Å². The Hall–Kier alpha value is -3.87. The van der Waals surface area contributed by atoms with Gasteiger partial charge >= 0.3 is 0 Å². The molecule has 1 atom stereocenters. The summed E-state index contributed by atoms with van der Waals surface area (Å²) >= 11 is 0. The van der Waals surface area contributed by atoms with Crippen LogP contribution in [-0.2, 0) is 16.1 Å². The smallest absolute Gasteiger partial charge is 0.258 e. The fourth-order valence-corrected chi connectivity index (χ4v) is 4.61. The van der Waals surface area contributed by atoms with Crippen LogP contribution in [0.4, 0.5) is 5.69 Å². The quantitative estimate of drug-likeness (QED) is 0.480. The van der Waals surface area contributed by atoms with Gasteiger partial charge in [-0.3, -0.25) is 14.4 Å². The van der Waals surface area contributed by atoms with Gasteiger partial charge in [-0.05, 0) is 55.5 Å². The molecular weight excluding hydrogens is 442 g/mol. The highest BCUT2D eigenvalue weighted by Gasteiger charge is 2.30. The topological polar surface area (TPSA) is 79.0 Å². The predicted octanol–water partition coefficient (Wildman–Crippen LogP) is 4.14. The van der Waals surface area contributed by atoms with Gasteiger partial charge in [0.05, 0.1) is 12.8 Å². The van der Waals surface area contributed by atoms with E-state index in [4.69, 9.17) is 4.74 Å². The minimum atomic E-state index is -0.625. The van der Waals surface area contributed by atoms with Crippen molar-refractivity contribution in [2.24, 2.45) is 0 Å². The second kappa shape index (κ2) is 10.6. The first-order chi connectivity index (χ1) is 16.9. The number of rotatable bonds is 10. The van der Waals surface area contributed by atoms with Gasteiger partial charge in [-0.25, -0.2) is 0 Å². The fraction of sp³-hybridized carbons (Fsp3) is 0.321. The summed E-state index contributed by atoms with van der Waals surface area (Å²) in [5.41, 5.74) is 2.47. The molecule has 0 aliphatic carbocycles. The third kappa shape index (κ3) is 4.99. The molecular formula is C28H31N3O4. The van der Waals surface area contributed by atoms with Crippen molar-refractivity contribution in [1.29, 1.82) is 0 Å². The summed E-state index contributed by atoms with van der Waals surface area (Å²) in [6, 6.07) is 18.5. The molecule has 0 saturated carbocycles. The molecule has 7 nitrogen and oxygen atoms in total. The van der Waals surface area contributed by atoms with Gasteiger partial charge in [-0.1, -0.05) is 36.4 Å². The lowest BCUT2D eigenvalue weighted by atomic mass is 10.1. The Morgan fingerprint density at radius 2 is 1.83 bits per heavy atom. The van der Waals surface area contributed by atoms with Crippen LogP contribution in [0, 0.1) is 0 Å². The third-order valence-corrected chi connectivity index (χ3v) is 6.43. The van der Waals surface area contributed by atoms with E-state index < -0.39 is 6.04 Å². The number of nitrogens with zero attached hydrogens (tertiary/aromatic N) is 2. The van der Waals surface area contributed by atoms with Crippen molar-refractivity contribution in [3.63, 3.8) is 0 Å². The molecule has 0 unspecified atom stereocenters. The Balaban J connectivity index is 1.46. The van der Waals surface area contributed by atoms with Gasteiger partial charge in [0.15, 0.2) is 0 Å². The zero-order chi connectivity index (χ0) is 24.9. The van der Waals surface area contributed by atoms with E-state index in [2.05, 4.69) is 5.32 Å². The van der Waals surface area contributed by atoms with Crippen LogP contribution >= 0.6 is 0 Å².